The maximum absolute atomic E-state index is 13.1. The summed E-state index contributed by atoms with van der Waals surface area (Å²) in [6.07, 6.45) is 0. The lowest BCUT2D eigenvalue weighted by atomic mass is 10.2. The number of hydrogen-bond donors (Lipinski definition) is 0. The summed E-state index contributed by atoms with van der Waals surface area (Å²) in [5, 5.41) is 11.0. The van der Waals surface area contributed by atoms with E-state index in [4.69, 9.17) is 4.74 Å². The predicted octanol–water partition coefficient (Wildman–Crippen LogP) is 3.52. The fourth-order valence-corrected chi connectivity index (χ4v) is 4.20. The van der Waals surface area contributed by atoms with Crippen LogP contribution >= 0.6 is 0 Å². The highest BCUT2D eigenvalue weighted by atomic mass is 32.2. The molecule has 0 aliphatic rings. The number of benzene rings is 2. The molecule has 134 valence electrons. The average molecular weight is 364 g/mol. The van der Waals surface area contributed by atoms with E-state index in [1.165, 1.54) is 16.4 Å². The molecule has 0 unspecified atom stereocenters. The van der Waals surface area contributed by atoms with Crippen molar-refractivity contribution in [3.05, 3.63) is 58.1 Å². The molecule has 0 spiro atoms. The molecule has 0 saturated carbocycles. The zero-order chi connectivity index (χ0) is 18.6. The van der Waals surface area contributed by atoms with Crippen molar-refractivity contribution >= 4 is 21.4 Å². The molecular weight excluding hydrogens is 344 g/mol. The number of nitrogens with zero attached hydrogens (tertiary/aromatic N) is 2. The Kier molecular flexibility index (Phi) is 5.63. The van der Waals surface area contributed by atoms with Gasteiger partial charge in [0.2, 0.25) is 0 Å². The number of non-ortho nitro benzene ring substituents is 1. The number of hydrogen-bond acceptors (Lipinski definition) is 5. The van der Waals surface area contributed by atoms with E-state index in [9.17, 15) is 18.5 Å². The van der Waals surface area contributed by atoms with Gasteiger partial charge in [-0.15, -0.1) is 0 Å². The van der Waals surface area contributed by atoms with Gasteiger partial charge in [-0.1, -0.05) is 12.1 Å². The van der Waals surface area contributed by atoms with E-state index in [2.05, 4.69) is 0 Å². The van der Waals surface area contributed by atoms with Crippen LogP contribution in [0.4, 0.5) is 11.4 Å². The van der Waals surface area contributed by atoms with E-state index in [0.29, 0.717) is 23.6 Å². The third-order valence-electron chi connectivity index (χ3n) is 3.65. The Morgan fingerprint density at radius 3 is 2.48 bits per heavy atom. The van der Waals surface area contributed by atoms with Crippen molar-refractivity contribution in [2.75, 3.05) is 17.5 Å². The van der Waals surface area contributed by atoms with Crippen LogP contribution in [0.1, 0.15) is 19.4 Å². The van der Waals surface area contributed by atoms with E-state index in [1.54, 1.807) is 38.1 Å². The van der Waals surface area contributed by atoms with E-state index in [-0.39, 0.29) is 17.1 Å². The van der Waals surface area contributed by atoms with Gasteiger partial charge in [-0.05, 0) is 38.5 Å². The maximum Gasteiger partial charge on any atom is 0.270 e. The van der Waals surface area contributed by atoms with Crippen LogP contribution in [0.3, 0.4) is 0 Å². The van der Waals surface area contributed by atoms with Gasteiger partial charge in [-0.3, -0.25) is 14.4 Å². The van der Waals surface area contributed by atoms with Crippen molar-refractivity contribution in [3.63, 3.8) is 0 Å². The standard InChI is InChI=1S/C17H20N2O5S/c1-4-18(14-7-6-8-16(11-14)24-5-2)25(22,23)17-12-15(19(20)21)10-9-13(17)3/h6-12H,4-5H2,1-3H3. The topological polar surface area (TPSA) is 89.8 Å². The molecule has 0 aliphatic carbocycles. The SMILES string of the molecule is CCOc1cccc(N(CC)S(=O)(=O)c2cc([N+](=O)[O-])ccc2C)c1. The third-order valence-corrected chi connectivity index (χ3v) is 5.70. The average Bonchev–Trinajstić information content (AvgIpc) is 2.56. The summed E-state index contributed by atoms with van der Waals surface area (Å²) in [5.74, 6) is 0.560. The summed E-state index contributed by atoms with van der Waals surface area (Å²) in [6.45, 7) is 5.80. The summed E-state index contributed by atoms with van der Waals surface area (Å²) >= 11 is 0. The van der Waals surface area contributed by atoms with Crippen LogP contribution in [0, 0.1) is 17.0 Å². The Bertz CT molecular complexity index is 880. The first kappa shape index (κ1) is 18.7. The second-order valence-corrected chi connectivity index (χ2v) is 7.14. The zero-order valence-electron chi connectivity index (χ0n) is 14.3. The van der Waals surface area contributed by atoms with Crippen LogP contribution in [-0.4, -0.2) is 26.5 Å². The molecule has 25 heavy (non-hydrogen) atoms. The Morgan fingerprint density at radius 2 is 1.88 bits per heavy atom. The smallest absolute Gasteiger partial charge is 0.270 e. The van der Waals surface area contributed by atoms with Crippen molar-refractivity contribution in [1.29, 1.82) is 0 Å². The van der Waals surface area contributed by atoms with Crippen LogP contribution in [0.15, 0.2) is 47.4 Å². The molecule has 0 fully saturated rings. The minimum Gasteiger partial charge on any atom is -0.494 e. The molecular formula is C17H20N2O5S. The lowest BCUT2D eigenvalue weighted by Crippen LogP contribution is -2.31. The summed E-state index contributed by atoms with van der Waals surface area (Å²) in [7, 11) is -3.95. The van der Waals surface area contributed by atoms with Gasteiger partial charge in [0.05, 0.1) is 22.1 Å². The minimum atomic E-state index is -3.95. The number of ether oxygens (including phenoxy) is 1. The second kappa shape index (κ2) is 7.52. The van der Waals surface area contributed by atoms with Gasteiger partial charge in [-0.25, -0.2) is 8.42 Å². The monoisotopic (exact) mass is 364 g/mol. The highest BCUT2D eigenvalue weighted by molar-refractivity contribution is 7.92. The van der Waals surface area contributed by atoms with Crippen molar-refractivity contribution in [2.24, 2.45) is 0 Å². The molecule has 7 nitrogen and oxygen atoms in total. The molecule has 0 aliphatic heterocycles. The molecule has 0 radical (unpaired) electrons. The van der Waals surface area contributed by atoms with Crippen LogP contribution in [0.5, 0.6) is 5.75 Å². The van der Waals surface area contributed by atoms with Gasteiger partial charge in [0, 0.05) is 24.7 Å². The molecule has 0 bridgehead atoms. The highest BCUT2D eigenvalue weighted by Gasteiger charge is 2.27. The summed E-state index contributed by atoms with van der Waals surface area (Å²) in [6, 6.07) is 10.6. The van der Waals surface area contributed by atoms with E-state index >= 15 is 0 Å². The number of sulfonamides is 1. The fraction of sp³-hybridized carbons (Fsp3) is 0.294. The van der Waals surface area contributed by atoms with Crippen LogP contribution < -0.4 is 9.04 Å². The Morgan fingerprint density at radius 1 is 1.16 bits per heavy atom. The van der Waals surface area contributed by atoms with Crippen LogP contribution in [0.2, 0.25) is 0 Å². The number of anilines is 1. The van der Waals surface area contributed by atoms with Gasteiger partial charge < -0.3 is 4.74 Å². The van der Waals surface area contributed by atoms with Crippen molar-refractivity contribution in [1.82, 2.24) is 0 Å². The minimum absolute atomic E-state index is 0.0784. The van der Waals surface area contributed by atoms with Crippen molar-refractivity contribution in [3.8, 4) is 5.75 Å². The number of rotatable bonds is 7. The number of nitro groups is 1. The maximum atomic E-state index is 13.1. The van der Waals surface area contributed by atoms with Crippen molar-refractivity contribution in [2.45, 2.75) is 25.7 Å². The van der Waals surface area contributed by atoms with E-state index in [0.717, 1.165) is 6.07 Å². The van der Waals surface area contributed by atoms with Gasteiger partial charge in [0.1, 0.15) is 5.75 Å². The normalized spacial score (nSPS) is 11.2. The summed E-state index contributed by atoms with van der Waals surface area (Å²) in [5.41, 5.74) is 0.632. The molecule has 0 saturated heterocycles. The summed E-state index contributed by atoms with van der Waals surface area (Å²) < 4.78 is 32.8. The van der Waals surface area contributed by atoms with Gasteiger partial charge >= 0.3 is 0 Å². The first-order valence-corrected chi connectivity index (χ1v) is 9.26. The van der Waals surface area contributed by atoms with Gasteiger partial charge in [0.25, 0.3) is 15.7 Å². The van der Waals surface area contributed by atoms with Gasteiger partial charge in [0.15, 0.2) is 0 Å². The molecule has 2 aromatic carbocycles. The fourth-order valence-electron chi connectivity index (χ4n) is 2.49. The van der Waals surface area contributed by atoms with Crippen molar-refractivity contribution < 1.29 is 18.1 Å². The number of nitro benzene ring substituents is 1. The van der Waals surface area contributed by atoms with Crippen LogP contribution in [-0.2, 0) is 10.0 Å². The van der Waals surface area contributed by atoms with E-state index < -0.39 is 14.9 Å². The highest BCUT2D eigenvalue weighted by Crippen LogP contribution is 2.30. The quantitative estimate of drug-likeness (QED) is 0.554. The molecule has 0 heterocycles. The lowest BCUT2D eigenvalue weighted by Gasteiger charge is -2.24. The Labute approximate surface area is 147 Å². The first-order valence-electron chi connectivity index (χ1n) is 7.82. The Balaban J connectivity index is 2.54. The molecule has 2 rings (SSSR count). The molecule has 8 heteroatoms. The van der Waals surface area contributed by atoms with Gasteiger partial charge in [-0.2, -0.15) is 0 Å². The molecule has 0 N–H and O–H groups in total. The molecule has 0 atom stereocenters. The second-order valence-electron chi connectivity index (χ2n) is 5.31. The predicted molar refractivity (Wildman–Crippen MR) is 95.7 cm³/mol. The van der Waals surface area contributed by atoms with Crippen LogP contribution in [0.25, 0.3) is 0 Å². The molecule has 0 amide bonds. The largest absolute Gasteiger partial charge is 0.494 e. The zero-order valence-corrected chi connectivity index (χ0v) is 15.1. The Hall–Kier alpha value is -2.61. The molecule has 0 aromatic heterocycles. The first-order chi connectivity index (χ1) is 11.8. The summed E-state index contributed by atoms with van der Waals surface area (Å²) in [4.78, 5) is 10.3. The molecule has 2 aromatic rings. The lowest BCUT2D eigenvalue weighted by molar-refractivity contribution is -0.385. The third kappa shape index (κ3) is 3.90. The van der Waals surface area contributed by atoms with E-state index in [1.807, 2.05) is 6.92 Å². The number of aryl methyl sites for hydroxylation is 1.